The van der Waals surface area contributed by atoms with Gasteiger partial charge in [-0.3, -0.25) is 9.13 Å². The predicted octanol–water partition coefficient (Wildman–Crippen LogP) is 2.70. The van der Waals surface area contributed by atoms with Gasteiger partial charge in [-0.25, -0.2) is 0 Å². The monoisotopic (exact) mass is 344 g/mol. The van der Waals surface area contributed by atoms with E-state index in [1.165, 1.54) is 11.1 Å². The predicted molar refractivity (Wildman–Crippen MR) is 85.7 cm³/mol. The molecule has 0 spiro atoms. The van der Waals surface area contributed by atoms with Gasteiger partial charge in [0, 0.05) is 0 Å². The SMILES string of the molecule is O=P(O)(O)CCP(=O)(O)O.c1ccc(-c2ccccc2)cc1. The lowest BCUT2D eigenvalue weighted by atomic mass is 10.1. The van der Waals surface area contributed by atoms with E-state index in [4.69, 9.17) is 19.6 Å². The van der Waals surface area contributed by atoms with Crippen molar-refractivity contribution in [1.29, 1.82) is 0 Å². The highest BCUT2D eigenvalue weighted by atomic mass is 31.2. The van der Waals surface area contributed by atoms with Crippen molar-refractivity contribution in [1.82, 2.24) is 0 Å². The number of hydrogen-bond donors (Lipinski definition) is 4. The van der Waals surface area contributed by atoms with Gasteiger partial charge in [-0.1, -0.05) is 60.7 Å². The zero-order chi connectivity index (χ0) is 16.6. The van der Waals surface area contributed by atoms with Crippen molar-refractivity contribution in [2.24, 2.45) is 0 Å². The average Bonchev–Trinajstić information content (AvgIpc) is 2.47. The third-order valence-corrected chi connectivity index (χ3v) is 4.53. The van der Waals surface area contributed by atoms with Crippen LogP contribution < -0.4 is 0 Å². The molecule has 4 N–H and O–H groups in total. The van der Waals surface area contributed by atoms with Gasteiger partial charge in [0.25, 0.3) is 0 Å². The van der Waals surface area contributed by atoms with Crippen LogP contribution in [0.4, 0.5) is 0 Å². The molecule has 0 heterocycles. The normalized spacial score (nSPS) is 11.5. The Bertz CT molecular complexity index is 588. The summed E-state index contributed by atoms with van der Waals surface area (Å²) in [4.78, 5) is 32.6. The summed E-state index contributed by atoms with van der Waals surface area (Å²) in [6.07, 6.45) is -1.53. The van der Waals surface area contributed by atoms with Crippen LogP contribution in [0.15, 0.2) is 60.7 Å². The molecule has 8 heteroatoms. The molecule has 0 unspecified atom stereocenters. The molecule has 120 valence electrons. The number of benzene rings is 2. The highest BCUT2D eigenvalue weighted by Crippen LogP contribution is 2.42. The molecule has 0 radical (unpaired) electrons. The molecule has 0 aliphatic heterocycles. The van der Waals surface area contributed by atoms with Crippen LogP contribution >= 0.6 is 15.2 Å². The molecule has 6 nitrogen and oxygen atoms in total. The molecular formula is C14H18O6P2. The van der Waals surface area contributed by atoms with Crippen LogP contribution in [-0.2, 0) is 9.13 Å². The van der Waals surface area contributed by atoms with Gasteiger partial charge in [0.1, 0.15) is 0 Å². The summed E-state index contributed by atoms with van der Waals surface area (Å²) in [5.41, 5.74) is 2.55. The minimum Gasteiger partial charge on any atom is -0.324 e. The van der Waals surface area contributed by atoms with Gasteiger partial charge in [-0.15, -0.1) is 0 Å². The zero-order valence-electron chi connectivity index (χ0n) is 11.7. The minimum atomic E-state index is -4.25. The van der Waals surface area contributed by atoms with E-state index in [9.17, 15) is 9.13 Å². The molecule has 2 aromatic rings. The van der Waals surface area contributed by atoms with Crippen molar-refractivity contribution >= 4 is 15.2 Å². The highest BCUT2D eigenvalue weighted by Gasteiger charge is 2.20. The topological polar surface area (TPSA) is 115 Å². The Labute approximate surface area is 128 Å². The molecule has 0 saturated heterocycles. The van der Waals surface area contributed by atoms with Crippen molar-refractivity contribution in [3.05, 3.63) is 60.7 Å². The lowest BCUT2D eigenvalue weighted by Crippen LogP contribution is -1.95. The fraction of sp³-hybridized carbons (Fsp3) is 0.143. The van der Waals surface area contributed by atoms with Gasteiger partial charge in [-0.05, 0) is 11.1 Å². The average molecular weight is 344 g/mol. The van der Waals surface area contributed by atoms with Gasteiger partial charge in [0.2, 0.25) is 0 Å². The van der Waals surface area contributed by atoms with Gasteiger partial charge in [0.05, 0.1) is 12.3 Å². The first-order valence-electron chi connectivity index (χ1n) is 6.37. The Morgan fingerprint density at radius 3 is 1.09 bits per heavy atom. The third kappa shape index (κ3) is 8.90. The molecule has 0 bridgehead atoms. The van der Waals surface area contributed by atoms with Crippen LogP contribution in [-0.4, -0.2) is 31.9 Å². The second kappa shape index (κ2) is 8.39. The van der Waals surface area contributed by atoms with Gasteiger partial charge in [-0.2, -0.15) is 0 Å². The molecule has 0 saturated carbocycles. The van der Waals surface area contributed by atoms with Crippen LogP contribution in [0.3, 0.4) is 0 Å². The van der Waals surface area contributed by atoms with E-state index in [-0.39, 0.29) is 0 Å². The Morgan fingerprint density at radius 1 is 0.591 bits per heavy atom. The Morgan fingerprint density at radius 2 is 0.864 bits per heavy atom. The summed E-state index contributed by atoms with van der Waals surface area (Å²) < 4.78 is 20.1. The maximum absolute atomic E-state index is 10.0. The molecule has 0 atom stereocenters. The van der Waals surface area contributed by atoms with Crippen LogP contribution in [0.2, 0.25) is 0 Å². The second-order valence-electron chi connectivity index (χ2n) is 4.51. The van der Waals surface area contributed by atoms with E-state index in [1.54, 1.807) is 0 Å². The smallest absolute Gasteiger partial charge is 0.324 e. The summed E-state index contributed by atoms with van der Waals surface area (Å²) in [5, 5.41) is 0. The van der Waals surface area contributed by atoms with E-state index >= 15 is 0 Å². The van der Waals surface area contributed by atoms with E-state index in [1.807, 2.05) is 12.1 Å². The highest BCUT2D eigenvalue weighted by molar-refractivity contribution is 7.56. The van der Waals surface area contributed by atoms with Crippen LogP contribution in [0.5, 0.6) is 0 Å². The van der Waals surface area contributed by atoms with Crippen molar-refractivity contribution < 1.29 is 28.7 Å². The first kappa shape index (κ1) is 18.8. The molecule has 0 fully saturated rings. The molecule has 2 rings (SSSR count). The minimum absolute atomic E-state index is 0.767. The first-order chi connectivity index (χ1) is 10.2. The fourth-order valence-corrected chi connectivity index (χ4v) is 3.61. The number of rotatable bonds is 4. The molecular weight excluding hydrogens is 326 g/mol. The summed E-state index contributed by atoms with van der Waals surface area (Å²) in [7, 11) is -8.51. The summed E-state index contributed by atoms with van der Waals surface area (Å²) in [5.74, 6) is 0. The molecule has 0 aliphatic rings. The van der Waals surface area contributed by atoms with Gasteiger partial charge >= 0.3 is 15.2 Å². The van der Waals surface area contributed by atoms with Gasteiger partial charge < -0.3 is 19.6 Å². The summed E-state index contributed by atoms with van der Waals surface area (Å²) in [6, 6.07) is 20.8. The van der Waals surface area contributed by atoms with Gasteiger partial charge in [0.15, 0.2) is 0 Å². The molecule has 0 amide bonds. The van der Waals surface area contributed by atoms with Crippen molar-refractivity contribution in [2.75, 3.05) is 12.3 Å². The largest absolute Gasteiger partial charge is 0.326 e. The fourth-order valence-electron chi connectivity index (χ4n) is 1.52. The third-order valence-electron chi connectivity index (χ3n) is 2.56. The Hall–Kier alpha value is -1.26. The van der Waals surface area contributed by atoms with E-state index in [0.29, 0.717) is 0 Å². The maximum atomic E-state index is 10.0. The van der Waals surface area contributed by atoms with Crippen molar-refractivity contribution in [2.45, 2.75) is 0 Å². The Kier molecular flexibility index (Phi) is 7.17. The van der Waals surface area contributed by atoms with E-state index in [0.717, 1.165) is 0 Å². The first-order valence-corrected chi connectivity index (χ1v) is 9.96. The number of hydrogen-bond acceptors (Lipinski definition) is 2. The molecule has 2 aromatic carbocycles. The second-order valence-corrected chi connectivity index (χ2v) is 8.06. The van der Waals surface area contributed by atoms with E-state index < -0.39 is 27.5 Å². The van der Waals surface area contributed by atoms with E-state index in [2.05, 4.69) is 48.5 Å². The van der Waals surface area contributed by atoms with Crippen LogP contribution in [0.25, 0.3) is 11.1 Å². The molecule has 22 heavy (non-hydrogen) atoms. The lowest BCUT2D eigenvalue weighted by Gasteiger charge is -2.03. The molecule has 0 aliphatic carbocycles. The quantitative estimate of drug-likeness (QED) is 0.634. The maximum Gasteiger partial charge on any atom is 0.326 e. The van der Waals surface area contributed by atoms with Crippen LogP contribution in [0.1, 0.15) is 0 Å². The van der Waals surface area contributed by atoms with Crippen molar-refractivity contribution in [3.63, 3.8) is 0 Å². The standard InChI is InChI=1S/C12H10.C2H8O6P2/c1-3-7-11(8-4-1)12-9-5-2-6-10-12;3-9(4,5)1-2-10(6,7)8/h1-10H;1-2H2,(H2,3,4,5)(H2,6,7,8). The summed E-state index contributed by atoms with van der Waals surface area (Å²) in [6.45, 7) is 0. The lowest BCUT2D eigenvalue weighted by molar-refractivity contribution is 0.360. The Balaban J connectivity index is 0.000000225. The summed E-state index contributed by atoms with van der Waals surface area (Å²) >= 11 is 0. The van der Waals surface area contributed by atoms with Crippen molar-refractivity contribution in [3.8, 4) is 11.1 Å². The molecule has 0 aromatic heterocycles. The van der Waals surface area contributed by atoms with Crippen LogP contribution in [0, 0.1) is 0 Å². The zero-order valence-corrected chi connectivity index (χ0v) is 13.5.